The van der Waals surface area contributed by atoms with Crippen LogP contribution in [-0.2, 0) is 25.3 Å². The second-order valence-electron chi connectivity index (χ2n) is 3.77. The van der Waals surface area contributed by atoms with Gasteiger partial charge in [-0.15, -0.1) is 0 Å². The minimum absolute atomic E-state index is 0. The fraction of sp³-hybridized carbons (Fsp3) is 0.857. The predicted molar refractivity (Wildman–Crippen MR) is 91.2 cm³/mol. The van der Waals surface area contributed by atoms with Gasteiger partial charge in [0.1, 0.15) is 0 Å². The summed E-state index contributed by atoms with van der Waals surface area (Å²) >= 11 is 9.46. The predicted octanol–water partition coefficient (Wildman–Crippen LogP) is 4.46. The van der Waals surface area contributed by atoms with Crippen molar-refractivity contribution in [1.82, 2.24) is 0 Å². The van der Waals surface area contributed by atoms with Gasteiger partial charge in [-0.05, 0) is 11.8 Å². The molecule has 4 radical (unpaired) electrons. The number of rotatable bonds is 4. The van der Waals surface area contributed by atoms with Crippen molar-refractivity contribution in [2.24, 2.45) is 11.8 Å². The Bertz CT molecular complexity index is 66.6. The molecule has 0 aromatic heterocycles. The second-order valence-corrected chi connectivity index (χ2v) is 4.59. The van der Waals surface area contributed by atoms with Crippen LogP contribution >= 0.6 is 0 Å². The van der Waals surface area contributed by atoms with E-state index in [1.54, 1.807) is 13.8 Å². The van der Waals surface area contributed by atoms with Crippen LogP contribution in [0.4, 0.5) is 0 Å². The van der Waals surface area contributed by atoms with Gasteiger partial charge in [0.25, 0.3) is 0 Å². The van der Waals surface area contributed by atoms with Gasteiger partial charge in [0.05, 0.1) is 0 Å². The maximum absolute atomic E-state index is 4.73. The molecule has 0 heterocycles. The maximum Gasteiger partial charge on any atom is 2.00 e. The van der Waals surface area contributed by atoms with Crippen molar-refractivity contribution in [1.29, 1.82) is 0 Å². The standard InChI is InChI=1S/2C5H12S.2C2H5.Sn/c2*1-5(2)3-4-6;2*1-2;/h2*5-6H,3-4H2,1-2H3;2*1H2,2H3;/q;;;;+2/p-2. The van der Waals surface area contributed by atoms with Crippen LogP contribution in [0.5, 0.6) is 0 Å². The van der Waals surface area contributed by atoms with E-state index < -0.39 is 0 Å². The summed E-state index contributed by atoms with van der Waals surface area (Å²) in [6, 6.07) is 0. The van der Waals surface area contributed by atoms with Crippen LogP contribution in [0.1, 0.15) is 54.4 Å². The van der Waals surface area contributed by atoms with Gasteiger partial charge in [-0.2, -0.15) is 11.5 Å². The second kappa shape index (κ2) is 36.0. The van der Waals surface area contributed by atoms with Crippen LogP contribution in [0, 0.1) is 25.7 Å². The molecule has 0 nitrogen and oxygen atoms in total. The summed E-state index contributed by atoms with van der Waals surface area (Å²) in [5, 5.41) is 0. The first-order chi connectivity index (χ1) is 7.54. The summed E-state index contributed by atoms with van der Waals surface area (Å²) in [5.74, 6) is 3.42. The fourth-order valence-corrected chi connectivity index (χ4v) is 1.41. The molecule has 0 bridgehead atoms. The van der Waals surface area contributed by atoms with E-state index in [9.17, 15) is 0 Å². The van der Waals surface area contributed by atoms with Gasteiger partial charge in [0, 0.05) is 0 Å². The third-order valence-corrected chi connectivity index (χ3v) is 1.86. The van der Waals surface area contributed by atoms with Crippen LogP contribution in [0.3, 0.4) is 0 Å². The molecule has 0 N–H and O–H groups in total. The summed E-state index contributed by atoms with van der Waals surface area (Å²) in [4.78, 5) is 0. The maximum atomic E-state index is 4.73. The molecule has 0 saturated heterocycles. The van der Waals surface area contributed by atoms with E-state index in [0.717, 1.165) is 23.3 Å². The van der Waals surface area contributed by atoms with Crippen LogP contribution in [0.2, 0.25) is 0 Å². The summed E-state index contributed by atoms with van der Waals surface area (Å²) in [6.45, 7) is 18.7. The Hall–Kier alpha value is 1.50. The van der Waals surface area contributed by atoms with Crippen molar-refractivity contribution in [3.8, 4) is 0 Å². The van der Waals surface area contributed by atoms with Gasteiger partial charge in [-0.25, -0.2) is 0 Å². The molecule has 0 saturated carbocycles. The van der Waals surface area contributed by atoms with Gasteiger partial charge < -0.3 is 25.3 Å². The molecule has 0 unspecified atom stereocenters. The first-order valence-corrected chi connectivity index (χ1v) is 7.27. The largest absolute Gasteiger partial charge is 2.00 e. The minimum atomic E-state index is 0. The van der Waals surface area contributed by atoms with Crippen LogP contribution in [0.15, 0.2) is 0 Å². The average molecular weight is 383 g/mol. The molecule has 0 spiro atoms. The molecule has 0 aliphatic heterocycles. The number of hydrogen-bond acceptors (Lipinski definition) is 2. The summed E-state index contributed by atoms with van der Waals surface area (Å²) in [7, 11) is 0. The summed E-state index contributed by atoms with van der Waals surface area (Å²) in [6.07, 6.45) is 2.38. The van der Waals surface area contributed by atoms with Crippen molar-refractivity contribution in [2.45, 2.75) is 54.4 Å². The molecule has 0 atom stereocenters. The molecular weight excluding hydrogens is 351 g/mol. The van der Waals surface area contributed by atoms with E-state index in [-0.39, 0.29) is 23.9 Å². The molecule has 0 fully saturated rings. The molecular formula is C14H32S2Sn. The first kappa shape index (κ1) is 31.1. The van der Waals surface area contributed by atoms with E-state index in [2.05, 4.69) is 41.5 Å². The molecule has 0 aliphatic carbocycles. The Morgan fingerprint density at radius 1 is 0.706 bits per heavy atom. The normalized spacial score (nSPS) is 7.76. The molecule has 0 aromatic carbocycles. The Morgan fingerprint density at radius 3 is 0.882 bits per heavy atom. The van der Waals surface area contributed by atoms with E-state index in [1.807, 2.05) is 0 Å². The zero-order valence-electron chi connectivity index (χ0n) is 12.7. The van der Waals surface area contributed by atoms with E-state index >= 15 is 0 Å². The van der Waals surface area contributed by atoms with Crippen molar-refractivity contribution >= 4 is 49.2 Å². The molecule has 0 aliphatic rings. The van der Waals surface area contributed by atoms with Crippen molar-refractivity contribution in [3.05, 3.63) is 13.8 Å². The topological polar surface area (TPSA) is 0 Å². The fourth-order valence-electron chi connectivity index (χ4n) is 0.471. The van der Waals surface area contributed by atoms with Crippen molar-refractivity contribution in [3.63, 3.8) is 0 Å². The third kappa shape index (κ3) is 74.8. The Balaban J connectivity index is -0.0000000417. The zero-order valence-corrected chi connectivity index (χ0v) is 17.2. The smallest absolute Gasteiger partial charge is 0.793 e. The van der Waals surface area contributed by atoms with Crippen LogP contribution < -0.4 is 0 Å². The summed E-state index contributed by atoms with van der Waals surface area (Å²) in [5.41, 5.74) is 0. The summed E-state index contributed by atoms with van der Waals surface area (Å²) < 4.78 is 0. The van der Waals surface area contributed by atoms with Gasteiger partial charge in [0.15, 0.2) is 0 Å². The van der Waals surface area contributed by atoms with Gasteiger partial charge in [-0.3, -0.25) is 0 Å². The number of hydrogen-bond donors (Lipinski definition) is 0. The van der Waals surface area contributed by atoms with Gasteiger partial charge in [0.2, 0.25) is 0 Å². The van der Waals surface area contributed by atoms with E-state index in [4.69, 9.17) is 25.3 Å². The molecule has 0 amide bonds. The third-order valence-electron chi connectivity index (χ3n) is 1.39. The van der Waals surface area contributed by atoms with E-state index in [0.29, 0.717) is 0 Å². The Morgan fingerprint density at radius 2 is 0.882 bits per heavy atom. The minimum Gasteiger partial charge on any atom is -0.793 e. The molecule has 0 rings (SSSR count). The molecule has 104 valence electrons. The van der Waals surface area contributed by atoms with Gasteiger partial charge >= 0.3 is 23.9 Å². The Labute approximate surface area is 140 Å². The first-order valence-electron chi connectivity index (χ1n) is 6.12. The molecule has 3 heteroatoms. The monoisotopic (exact) mass is 384 g/mol. The Kier molecular flexibility index (Phi) is 65.9. The zero-order chi connectivity index (χ0) is 14.0. The quantitative estimate of drug-likeness (QED) is 0.520. The van der Waals surface area contributed by atoms with Crippen LogP contribution in [-0.4, -0.2) is 35.4 Å². The van der Waals surface area contributed by atoms with Gasteiger partial charge in [-0.1, -0.05) is 68.2 Å². The molecule has 0 aromatic rings. The van der Waals surface area contributed by atoms with Crippen molar-refractivity contribution < 1.29 is 0 Å². The van der Waals surface area contributed by atoms with Crippen molar-refractivity contribution in [2.75, 3.05) is 11.5 Å². The van der Waals surface area contributed by atoms with E-state index in [1.165, 1.54) is 12.8 Å². The average Bonchev–Trinajstić information content (AvgIpc) is 2.24. The van der Waals surface area contributed by atoms with Crippen LogP contribution in [0.25, 0.3) is 0 Å². The molecule has 17 heavy (non-hydrogen) atoms. The SMILES string of the molecule is CC(C)CC[S-].CC(C)CC[S-].[CH2]C.[CH2]C.[Sn+2].